The van der Waals surface area contributed by atoms with Crippen LogP contribution in [0.4, 0.5) is 0 Å². The zero-order chi connectivity index (χ0) is 44.3. The second-order valence-electron chi connectivity index (χ2n) is 17.2. The van der Waals surface area contributed by atoms with Gasteiger partial charge in [0.25, 0.3) is 0 Å². The molecular weight excluding hydrogens is 811 g/mol. The third kappa shape index (κ3) is 6.51. The number of hydrogen-bond acceptors (Lipinski definition) is 2. The molecule has 13 rings (SSSR count). The molecule has 312 valence electrons. The monoisotopic (exact) mass is 851 g/mol. The summed E-state index contributed by atoms with van der Waals surface area (Å²) in [5.41, 5.74) is 15.5. The van der Waals surface area contributed by atoms with Crippen molar-refractivity contribution in [2.24, 2.45) is 0 Å². The molecular formula is C64H41N3. The van der Waals surface area contributed by atoms with E-state index in [4.69, 9.17) is 9.97 Å². The van der Waals surface area contributed by atoms with E-state index >= 15 is 0 Å². The lowest BCUT2D eigenvalue weighted by Crippen LogP contribution is -1.96. The Labute approximate surface area is 388 Å². The molecule has 3 nitrogen and oxygen atoms in total. The fraction of sp³-hybridized carbons (Fsp3) is 0. The average Bonchev–Trinajstić information content (AvgIpc) is 3.75. The minimum absolute atomic E-state index is 0.693. The second-order valence-corrected chi connectivity index (χ2v) is 17.2. The molecule has 2 aromatic heterocycles. The van der Waals surface area contributed by atoms with Crippen molar-refractivity contribution in [1.82, 2.24) is 14.5 Å². The van der Waals surface area contributed by atoms with Crippen LogP contribution in [-0.4, -0.2) is 14.5 Å². The highest BCUT2D eigenvalue weighted by Gasteiger charge is 2.20. The lowest BCUT2D eigenvalue weighted by Gasteiger charge is -2.19. The lowest BCUT2D eigenvalue weighted by atomic mass is 9.84. The van der Waals surface area contributed by atoms with Crippen LogP contribution in [-0.2, 0) is 0 Å². The van der Waals surface area contributed by atoms with E-state index in [0.29, 0.717) is 5.82 Å². The first kappa shape index (κ1) is 38.5. The van der Waals surface area contributed by atoms with Crippen molar-refractivity contribution in [1.29, 1.82) is 0 Å². The smallest absolute Gasteiger partial charge is 0.160 e. The van der Waals surface area contributed by atoms with Crippen molar-refractivity contribution in [2.45, 2.75) is 0 Å². The van der Waals surface area contributed by atoms with Gasteiger partial charge in [-0.05, 0) is 84.4 Å². The number of benzene rings is 11. The molecule has 0 aliphatic carbocycles. The Bertz CT molecular complexity index is 3990. The zero-order valence-electron chi connectivity index (χ0n) is 36.5. The second kappa shape index (κ2) is 16.0. The van der Waals surface area contributed by atoms with Crippen molar-refractivity contribution in [3.05, 3.63) is 249 Å². The molecule has 0 radical (unpaired) electrons. The lowest BCUT2D eigenvalue weighted by molar-refractivity contribution is 1.18. The molecule has 13 aromatic rings. The van der Waals surface area contributed by atoms with Gasteiger partial charge in [0.1, 0.15) is 0 Å². The predicted octanol–water partition coefficient (Wildman–Crippen LogP) is 17.0. The van der Waals surface area contributed by atoms with Gasteiger partial charge in [-0.2, -0.15) is 0 Å². The third-order valence-electron chi connectivity index (χ3n) is 13.4. The van der Waals surface area contributed by atoms with E-state index in [0.717, 1.165) is 44.9 Å². The first-order valence-corrected chi connectivity index (χ1v) is 22.9. The summed E-state index contributed by atoms with van der Waals surface area (Å²) >= 11 is 0. The Morgan fingerprint density at radius 3 is 1.49 bits per heavy atom. The van der Waals surface area contributed by atoms with Gasteiger partial charge in [0, 0.05) is 38.7 Å². The molecule has 0 amide bonds. The minimum Gasteiger partial charge on any atom is -0.309 e. The normalized spacial score (nSPS) is 11.6. The van der Waals surface area contributed by atoms with E-state index in [9.17, 15) is 0 Å². The van der Waals surface area contributed by atoms with Gasteiger partial charge in [-0.1, -0.05) is 224 Å². The summed E-state index contributed by atoms with van der Waals surface area (Å²) in [6.07, 6.45) is 0. The molecule has 0 fully saturated rings. The molecule has 67 heavy (non-hydrogen) atoms. The minimum atomic E-state index is 0.693. The van der Waals surface area contributed by atoms with Crippen LogP contribution in [0.5, 0.6) is 0 Å². The van der Waals surface area contributed by atoms with Crippen molar-refractivity contribution < 1.29 is 0 Å². The first-order chi connectivity index (χ1) is 33.2. The van der Waals surface area contributed by atoms with E-state index < -0.39 is 0 Å². The van der Waals surface area contributed by atoms with Gasteiger partial charge in [-0.15, -0.1) is 0 Å². The van der Waals surface area contributed by atoms with Crippen LogP contribution in [0.2, 0.25) is 0 Å². The number of hydrogen-bond donors (Lipinski definition) is 0. The molecule has 0 unspecified atom stereocenters. The van der Waals surface area contributed by atoms with Crippen LogP contribution < -0.4 is 0 Å². The first-order valence-electron chi connectivity index (χ1n) is 22.9. The van der Waals surface area contributed by atoms with Gasteiger partial charge >= 0.3 is 0 Å². The standard InChI is InChI=1S/C64H41N3/c1-4-18-46(19-5-1)61-54-27-13-12-26-53(54)60(56-40-39-42-17-10-11-24-50(42)62(56)61)47-37-35-45(36-38-47)58-41-57(65-64(66-58)48-20-6-2-7-21-48)44-33-31-43(32-34-44)51-28-16-29-55-52-25-14-15-30-59(52)67(63(51)55)49-22-8-3-9-23-49/h1-41H. The van der Waals surface area contributed by atoms with Crippen LogP contribution in [0.1, 0.15) is 0 Å². The topological polar surface area (TPSA) is 30.7 Å². The number of fused-ring (bicyclic) bond motifs is 7. The summed E-state index contributed by atoms with van der Waals surface area (Å²) in [6.45, 7) is 0. The maximum atomic E-state index is 5.23. The molecule has 3 heteroatoms. The molecule has 0 atom stereocenters. The average molecular weight is 852 g/mol. The van der Waals surface area contributed by atoms with E-state index in [1.807, 2.05) is 18.2 Å². The quantitative estimate of drug-likeness (QED) is 0.118. The maximum Gasteiger partial charge on any atom is 0.160 e. The molecule has 0 saturated heterocycles. The molecule has 0 aliphatic rings. The summed E-state index contributed by atoms with van der Waals surface area (Å²) < 4.78 is 2.40. The van der Waals surface area contributed by atoms with Crippen molar-refractivity contribution >= 4 is 54.1 Å². The molecule has 2 heterocycles. The summed E-state index contributed by atoms with van der Waals surface area (Å²) in [5, 5.41) is 9.95. The number of para-hydroxylation sites is 3. The third-order valence-corrected chi connectivity index (χ3v) is 13.4. The Hall–Kier alpha value is -8.92. The highest BCUT2D eigenvalue weighted by Crippen LogP contribution is 2.47. The fourth-order valence-electron chi connectivity index (χ4n) is 10.3. The van der Waals surface area contributed by atoms with Gasteiger partial charge in [-0.3, -0.25) is 0 Å². The molecule has 0 N–H and O–H groups in total. The van der Waals surface area contributed by atoms with Crippen LogP contribution in [0.15, 0.2) is 249 Å². The Morgan fingerprint density at radius 1 is 0.299 bits per heavy atom. The molecule has 0 spiro atoms. The highest BCUT2D eigenvalue weighted by molar-refractivity contribution is 6.28. The van der Waals surface area contributed by atoms with E-state index in [-0.39, 0.29) is 0 Å². The van der Waals surface area contributed by atoms with Crippen molar-refractivity contribution in [3.8, 4) is 73.0 Å². The van der Waals surface area contributed by atoms with E-state index in [1.165, 1.54) is 76.4 Å². The summed E-state index contributed by atoms with van der Waals surface area (Å²) in [5.74, 6) is 0.693. The Balaban J connectivity index is 0.934. The van der Waals surface area contributed by atoms with Crippen LogP contribution in [0.3, 0.4) is 0 Å². The van der Waals surface area contributed by atoms with Gasteiger partial charge in [0.05, 0.1) is 22.4 Å². The van der Waals surface area contributed by atoms with E-state index in [2.05, 4.69) is 235 Å². The molecule has 0 bridgehead atoms. The summed E-state index contributed by atoms with van der Waals surface area (Å²) in [6, 6.07) is 89.3. The predicted molar refractivity (Wildman–Crippen MR) is 282 cm³/mol. The zero-order valence-corrected chi connectivity index (χ0v) is 36.5. The summed E-state index contributed by atoms with van der Waals surface area (Å²) in [7, 11) is 0. The maximum absolute atomic E-state index is 5.23. The number of nitrogens with zero attached hydrogens (tertiary/aromatic N) is 3. The van der Waals surface area contributed by atoms with Gasteiger partial charge in [0.15, 0.2) is 5.82 Å². The molecule has 0 aliphatic heterocycles. The Kier molecular flexibility index (Phi) is 9.17. The van der Waals surface area contributed by atoms with Crippen molar-refractivity contribution in [2.75, 3.05) is 0 Å². The molecule has 11 aromatic carbocycles. The largest absolute Gasteiger partial charge is 0.309 e. The van der Waals surface area contributed by atoms with Gasteiger partial charge in [0.2, 0.25) is 0 Å². The highest BCUT2D eigenvalue weighted by atomic mass is 15.0. The molecule has 0 saturated carbocycles. The van der Waals surface area contributed by atoms with Gasteiger partial charge in [-0.25, -0.2) is 9.97 Å². The van der Waals surface area contributed by atoms with Crippen LogP contribution in [0, 0.1) is 0 Å². The summed E-state index contributed by atoms with van der Waals surface area (Å²) in [4.78, 5) is 10.4. The Morgan fingerprint density at radius 2 is 0.806 bits per heavy atom. The van der Waals surface area contributed by atoms with Gasteiger partial charge < -0.3 is 4.57 Å². The number of aromatic nitrogens is 3. The SMILES string of the molecule is c1ccc(-c2nc(-c3ccc(-c4c5ccccc5c(-c5ccccc5)c5c4ccc4ccccc45)cc3)cc(-c3ccc(-c4cccc5c6ccccc6n(-c6ccccc6)c45)cc3)n2)cc1. The fourth-order valence-corrected chi connectivity index (χ4v) is 10.3. The van der Waals surface area contributed by atoms with Crippen molar-refractivity contribution in [3.63, 3.8) is 0 Å². The number of rotatable bonds is 7. The van der Waals surface area contributed by atoms with Crippen LogP contribution in [0.25, 0.3) is 127 Å². The van der Waals surface area contributed by atoms with Crippen LogP contribution >= 0.6 is 0 Å². The van der Waals surface area contributed by atoms with E-state index in [1.54, 1.807) is 0 Å².